The summed E-state index contributed by atoms with van der Waals surface area (Å²) in [6, 6.07) is 25.6. The Labute approximate surface area is 162 Å². The minimum absolute atomic E-state index is 0.0379. The van der Waals surface area contributed by atoms with Gasteiger partial charge < -0.3 is 4.74 Å². The van der Waals surface area contributed by atoms with E-state index in [-0.39, 0.29) is 12.4 Å². The molecule has 136 valence electrons. The summed E-state index contributed by atoms with van der Waals surface area (Å²) in [4.78, 5) is 29.1. The molecule has 28 heavy (non-hydrogen) atoms. The number of benzene rings is 3. The van der Waals surface area contributed by atoms with Crippen molar-refractivity contribution in [3.05, 3.63) is 114 Å². The van der Waals surface area contributed by atoms with Gasteiger partial charge in [0.1, 0.15) is 6.61 Å². The minimum Gasteiger partial charge on any atom is -0.456 e. The Bertz CT molecular complexity index is 1130. The highest BCUT2D eigenvalue weighted by Crippen LogP contribution is 2.18. The number of ether oxygens (including phenoxy) is 1. The van der Waals surface area contributed by atoms with Crippen molar-refractivity contribution in [2.24, 2.45) is 0 Å². The molecule has 0 saturated heterocycles. The summed E-state index contributed by atoms with van der Waals surface area (Å²) in [6.07, 6.45) is 1.60. The molecule has 0 bridgehead atoms. The average Bonchev–Trinajstić information content (AvgIpc) is 2.77. The van der Waals surface area contributed by atoms with Gasteiger partial charge in [0, 0.05) is 22.7 Å². The fraction of sp³-hybridized carbons (Fsp3) is 0.0417. The predicted molar refractivity (Wildman–Crippen MR) is 107 cm³/mol. The number of pyridine rings is 1. The molecule has 0 fully saturated rings. The van der Waals surface area contributed by atoms with Crippen molar-refractivity contribution in [2.75, 3.05) is 0 Å². The van der Waals surface area contributed by atoms with E-state index in [1.54, 1.807) is 42.6 Å². The van der Waals surface area contributed by atoms with Crippen molar-refractivity contribution >= 4 is 22.5 Å². The van der Waals surface area contributed by atoms with Gasteiger partial charge in [-0.3, -0.25) is 4.79 Å². The number of hydrogen-bond acceptors (Lipinski definition) is 4. The Morgan fingerprint density at radius 2 is 1.43 bits per heavy atom. The van der Waals surface area contributed by atoms with Crippen LogP contribution in [-0.2, 0) is 11.3 Å². The molecule has 0 atom stereocenters. The first-order chi connectivity index (χ1) is 13.7. The quantitative estimate of drug-likeness (QED) is 0.375. The third kappa shape index (κ3) is 3.67. The van der Waals surface area contributed by atoms with E-state index >= 15 is 0 Å². The topological polar surface area (TPSA) is 56.3 Å². The molecule has 0 amide bonds. The van der Waals surface area contributed by atoms with E-state index < -0.39 is 5.97 Å². The lowest BCUT2D eigenvalue weighted by atomic mass is 10.0. The molecule has 4 aromatic rings. The summed E-state index contributed by atoms with van der Waals surface area (Å²) in [5.74, 6) is -0.509. The van der Waals surface area contributed by atoms with Crippen LogP contribution in [-0.4, -0.2) is 16.7 Å². The smallest absolute Gasteiger partial charge is 0.357 e. The number of hydrogen-bond donors (Lipinski definition) is 0. The maximum absolute atomic E-state index is 12.5. The van der Waals surface area contributed by atoms with E-state index in [4.69, 9.17) is 4.74 Å². The maximum Gasteiger partial charge on any atom is 0.357 e. The second-order valence-corrected chi connectivity index (χ2v) is 6.35. The van der Waals surface area contributed by atoms with E-state index in [0.29, 0.717) is 16.8 Å². The van der Waals surface area contributed by atoms with Crippen LogP contribution in [0.4, 0.5) is 0 Å². The fourth-order valence-corrected chi connectivity index (χ4v) is 3.01. The number of ketones is 1. The molecule has 0 N–H and O–H groups in total. The first kappa shape index (κ1) is 17.6. The summed E-state index contributed by atoms with van der Waals surface area (Å²) >= 11 is 0. The molecule has 1 aromatic heterocycles. The first-order valence-corrected chi connectivity index (χ1v) is 8.92. The molecule has 0 radical (unpaired) electrons. The van der Waals surface area contributed by atoms with Crippen LogP contribution in [0, 0.1) is 0 Å². The van der Waals surface area contributed by atoms with Crippen molar-refractivity contribution in [1.29, 1.82) is 0 Å². The average molecular weight is 367 g/mol. The molecule has 1 heterocycles. The number of carbonyl (C=O) groups is 2. The third-order valence-corrected chi connectivity index (χ3v) is 4.49. The normalized spacial score (nSPS) is 10.6. The Kier molecular flexibility index (Phi) is 4.93. The van der Waals surface area contributed by atoms with Gasteiger partial charge in [-0.05, 0) is 17.0 Å². The molecular weight excluding hydrogens is 350 g/mol. The van der Waals surface area contributed by atoms with Crippen LogP contribution < -0.4 is 0 Å². The zero-order valence-corrected chi connectivity index (χ0v) is 15.0. The van der Waals surface area contributed by atoms with E-state index in [0.717, 1.165) is 16.3 Å². The van der Waals surface area contributed by atoms with Gasteiger partial charge in [-0.1, -0.05) is 78.9 Å². The first-order valence-electron chi connectivity index (χ1n) is 8.92. The number of aromatic nitrogens is 1. The zero-order valence-electron chi connectivity index (χ0n) is 15.0. The highest BCUT2D eigenvalue weighted by molar-refractivity contribution is 6.09. The van der Waals surface area contributed by atoms with Crippen molar-refractivity contribution in [1.82, 2.24) is 4.98 Å². The lowest BCUT2D eigenvalue weighted by molar-refractivity contribution is 0.0468. The molecular formula is C24H17NO3. The van der Waals surface area contributed by atoms with Gasteiger partial charge in [0.25, 0.3) is 0 Å². The summed E-state index contributed by atoms with van der Waals surface area (Å²) < 4.78 is 5.42. The zero-order chi connectivity index (χ0) is 19.3. The largest absolute Gasteiger partial charge is 0.456 e. The van der Waals surface area contributed by atoms with Crippen LogP contribution in [0.1, 0.15) is 32.0 Å². The number of rotatable bonds is 5. The molecule has 4 heteroatoms. The summed E-state index contributed by atoms with van der Waals surface area (Å²) in [5, 5.41) is 1.70. The molecule has 0 aliphatic rings. The molecule has 0 unspecified atom stereocenters. The molecule has 0 aliphatic carbocycles. The minimum atomic E-state index is -0.471. The van der Waals surface area contributed by atoms with Crippen LogP contribution in [0.15, 0.2) is 91.1 Å². The van der Waals surface area contributed by atoms with E-state index in [9.17, 15) is 9.59 Å². The van der Waals surface area contributed by atoms with E-state index in [2.05, 4.69) is 4.98 Å². The summed E-state index contributed by atoms with van der Waals surface area (Å²) in [7, 11) is 0. The van der Waals surface area contributed by atoms with Crippen molar-refractivity contribution < 1.29 is 14.3 Å². The highest BCUT2D eigenvalue weighted by Gasteiger charge is 2.13. The van der Waals surface area contributed by atoms with Gasteiger partial charge in [0.2, 0.25) is 0 Å². The molecule has 0 saturated carbocycles. The third-order valence-electron chi connectivity index (χ3n) is 4.49. The van der Waals surface area contributed by atoms with Gasteiger partial charge in [0.05, 0.1) is 0 Å². The van der Waals surface area contributed by atoms with Crippen molar-refractivity contribution in [3.8, 4) is 0 Å². The van der Waals surface area contributed by atoms with Gasteiger partial charge >= 0.3 is 5.97 Å². The van der Waals surface area contributed by atoms with Crippen molar-refractivity contribution in [3.63, 3.8) is 0 Å². The standard InChI is InChI=1S/C24H17NO3/c26-23(19-7-2-1-3-8-19)20-12-10-17(11-13-20)16-28-24(27)22-21-9-5-4-6-18(21)14-15-25-22/h1-15H,16H2. The Balaban J connectivity index is 1.45. The molecule has 3 aromatic carbocycles. The van der Waals surface area contributed by atoms with E-state index in [1.807, 2.05) is 48.5 Å². The van der Waals surface area contributed by atoms with E-state index in [1.165, 1.54) is 0 Å². The van der Waals surface area contributed by atoms with Gasteiger partial charge in [0.15, 0.2) is 11.5 Å². The monoisotopic (exact) mass is 367 g/mol. The molecule has 4 rings (SSSR count). The summed E-state index contributed by atoms with van der Waals surface area (Å²) in [5.41, 5.74) is 2.34. The number of nitrogens with zero attached hydrogens (tertiary/aromatic N) is 1. The number of fused-ring (bicyclic) bond motifs is 1. The fourth-order valence-electron chi connectivity index (χ4n) is 3.01. The molecule has 0 spiro atoms. The van der Waals surface area contributed by atoms with Crippen molar-refractivity contribution in [2.45, 2.75) is 6.61 Å². The Morgan fingerprint density at radius 1 is 0.750 bits per heavy atom. The molecule has 0 aliphatic heterocycles. The van der Waals surface area contributed by atoms with Crippen LogP contribution >= 0.6 is 0 Å². The van der Waals surface area contributed by atoms with Gasteiger partial charge in [-0.2, -0.15) is 0 Å². The van der Waals surface area contributed by atoms with Crippen LogP contribution in [0.5, 0.6) is 0 Å². The Hall–Kier alpha value is -3.79. The van der Waals surface area contributed by atoms with Crippen LogP contribution in [0.25, 0.3) is 10.8 Å². The lowest BCUT2D eigenvalue weighted by Crippen LogP contribution is -2.08. The van der Waals surface area contributed by atoms with Crippen LogP contribution in [0.2, 0.25) is 0 Å². The second-order valence-electron chi connectivity index (χ2n) is 6.35. The van der Waals surface area contributed by atoms with Gasteiger partial charge in [-0.25, -0.2) is 9.78 Å². The van der Waals surface area contributed by atoms with Gasteiger partial charge in [-0.15, -0.1) is 0 Å². The van der Waals surface area contributed by atoms with Crippen LogP contribution in [0.3, 0.4) is 0 Å². The SMILES string of the molecule is O=C(c1ccccc1)c1ccc(COC(=O)c2nccc3ccccc23)cc1. The lowest BCUT2D eigenvalue weighted by Gasteiger charge is -2.07. The number of esters is 1. The highest BCUT2D eigenvalue weighted by atomic mass is 16.5. The summed E-state index contributed by atoms with van der Waals surface area (Å²) in [6.45, 7) is 0.115. The second kappa shape index (κ2) is 7.84. The molecule has 4 nitrogen and oxygen atoms in total. The number of carbonyl (C=O) groups excluding carboxylic acids is 2. The Morgan fingerprint density at radius 3 is 2.21 bits per heavy atom. The maximum atomic E-state index is 12.5. The predicted octanol–water partition coefficient (Wildman–Crippen LogP) is 4.82.